The molecule has 0 spiro atoms. The molecule has 0 saturated heterocycles. The normalized spacial score (nSPS) is 27.1. The Labute approximate surface area is 131 Å². The largest absolute Gasteiger partial charge is 0.473 e. The molecule has 1 saturated carbocycles. The molecule has 3 unspecified atom stereocenters. The number of carboxylic acids is 1. The lowest BCUT2D eigenvalue weighted by molar-refractivity contribution is -0.175. The molecular weight excluding hydrogens is 304 g/mol. The van der Waals surface area contributed by atoms with E-state index in [0.717, 1.165) is 0 Å². The van der Waals surface area contributed by atoms with E-state index >= 15 is 0 Å². The number of benzene rings is 1. The third-order valence-electron chi connectivity index (χ3n) is 3.85. The third kappa shape index (κ3) is 3.06. The molecule has 2 rings (SSSR count). The number of aliphatic carboxylic acids is 1. The molecule has 3 atom stereocenters. The van der Waals surface area contributed by atoms with Crippen molar-refractivity contribution in [3.8, 4) is 6.07 Å². The fraction of sp³-hybridized carbons (Fsp3) is 0.333. The van der Waals surface area contributed by atoms with Crippen LogP contribution in [0.2, 0.25) is 0 Å². The first-order valence-corrected chi connectivity index (χ1v) is 6.75. The lowest BCUT2D eigenvalue weighted by Gasteiger charge is -2.38. The molecule has 8 heteroatoms. The van der Waals surface area contributed by atoms with E-state index in [-0.39, 0.29) is 12.8 Å². The number of esters is 1. The van der Waals surface area contributed by atoms with E-state index < -0.39 is 35.5 Å². The van der Waals surface area contributed by atoms with E-state index in [1.165, 1.54) is 24.3 Å². The first-order chi connectivity index (χ1) is 10.8. The topological polar surface area (TPSA) is 151 Å². The highest BCUT2D eigenvalue weighted by molar-refractivity contribution is 6.28. The number of ether oxygens (including phenoxy) is 1. The van der Waals surface area contributed by atoms with Gasteiger partial charge in [-0.3, -0.25) is 4.79 Å². The number of aliphatic hydroxyl groups is 1. The van der Waals surface area contributed by atoms with E-state index in [2.05, 4.69) is 4.74 Å². The van der Waals surface area contributed by atoms with Crippen molar-refractivity contribution in [2.24, 2.45) is 5.73 Å². The quantitative estimate of drug-likeness (QED) is 0.484. The number of carbonyl (C=O) groups is 3. The fourth-order valence-corrected chi connectivity index (χ4v) is 2.52. The second-order valence-electron chi connectivity index (χ2n) is 5.26. The van der Waals surface area contributed by atoms with Crippen LogP contribution in [0.15, 0.2) is 24.3 Å². The zero-order chi connectivity index (χ0) is 17.2. The van der Waals surface area contributed by atoms with Gasteiger partial charge in [0.1, 0.15) is 11.6 Å². The molecule has 0 heterocycles. The van der Waals surface area contributed by atoms with Gasteiger partial charge in [-0.15, -0.1) is 0 Å². The van der Waals surface area contributed by atoms with Crippen molar-refractivity contribution in [3.63, 3.8) is 0 Å². The molecule has 8 nitrogen and oxygen atoms in total. The minimum absolute atomic E-state index is 0.0302. The van der Waals surface area contributed by atoms with Crippen molar-refractivity contribution >= 4 is 17.7 Å². The maximum atomic E-state index is 12.4. The minimum Gasteiger partial charge on any atom is -0.473 e. The van der Waals surface area contributed by atoms with Gasteiger partial charge >= 0.3 is 11.9 Å². The number of hydrogen-bond acceptors (Lipinski definition) is 7. The number of rotatable bonds is 2. The number of carboxylic acid groups (broad SMARTS) is 1. The van der Waals surface area contributed by atoms with Crippen molar-refractivity contribution in [1.29, 1.82) is 5.26 Å². The van der Waals surface area contributed by atoms with Gasteiger partial charge in [-0.2, -0.15) is 5.26 Å². The summed E-state index contributed by atoms with van der Waals surface area (Å²) < 4.78 is 4.59. The summed E-state index contributed by atoms with van der Waals surface area (Å²) in [6.07, 6.45) is -2.87. The van der Waals surface area contributed by atoms with E-state index in [1.807, 2.05) is 6.07 Å². The van der Waals surface area contributed by atoms with Gasteiger partial charge < -0.3 is 20.7 Å². The van der Waals surface area contributed by atoms with Gasteiger partial charge in [-0.1, -0.05) is 12.1 Å². The molecule has 0 aliphatic heterocycles. The standard InChI is InChI=1S/C15H14N2O6/c16-7-8-1-3-9(4-2-8)15(17)6-5-10(11(18)12(15)19)23-14(22)13(20)21/h1-4,10-11,18H,5-6,17H2,(H,20,21). The van der Waals surface area contributed by atoms with E-state index in [0.29, 0.717) is 11.1 Å². The van der Waals surface area contributed by atoms with Gasteiger partial charge in [0.05, 0.1) is 11.6 Å². The summed E-state index contributed by atoms with van der Waals surface area (Å²) in [5.74, 6) is -4.11. The first-order valence-electron chi connectivity index (χ1n) is 6.75. The zero-order valence-electron chi connectivity index (χ0n) is 11.9. The van der Waals surface area contributed by atoms with Crippen LogP contribution < -0.4 is 5.73 Å². The highest BCUT2D eigenvalue weighted by atomic mass is 16.6. The van der Waals surface area contributed by atoms with Crippen LogP contribution in [0.1, 0.15) is 24.0 Å². The monoisotopic (exact) mass is 318 g/mol. The van der Waals surface area contributed by atoms with Crippen molar-refractivity contribution in [3.05, 3.63) is 35.4 Å². The summed E-state index contributed by atoms with van der Waals surface area (Å²) >= 11 is 0. The molecule has 0 bridgehead atoms. The van der Waals surface area contributed by atoms with Gasteiger partial charge in [0.2, 0.25) is 0 Å². The fourth-order valence-electron chi connectivity index (χ4n) is 2.52. The minimum atomic E-state index is -1.80. The van der Waals surface area contributed by atoms with Gasteiger partial charge in [-0.05, 0) is 30.5 Å². The van der Waals surface area contributed by atoms with Gasteiger partial charge in [0, 0.05) is 0 Å². The Bertz CT molecular complexity index is 693. The van der Waals surface area contributed by atoms with Gasteiger partial charge in [0.25, 0.3) is 0 Å². The summed E-state index contributed by atoms with van der Waals surface area (Å²) in [4.78, 5) is 33.9. The summed E-state index contributed by atoms with van der Waals surface area (Å²) in [5, 5.41) is 27.3. The molecular formula is C15H14N2O6. The number of carbonyl (C=O) groups excluding carboxylic acids is 2. The molecule has 0 radical (unpaired) electrons. The lowest BCUT2D eigenvalue weighted by atomic mass is 9.74. The summed E-state index contributed by atoms with van der Waals surface area (Å²) in [6.45, 7) is 0. The SMILES string of the molecule is N#Cc1ccc(C2(N)CCC(OC(=O)C(=O)O)C(O)C2=O)cc1. The molecule has 1 aromatic carbocycles. The summed E-state index contributed by atoms with van der Waals surface area (Å²) in [6, 6.07) is 7.98. The Morgan fingerprint density at radius 1 is 1.35 bits per heavy atom. The van der Waals surface area contributed by atoms with Crippen LogP contribution >= 0.6 is 0 Å². The second-order valence-corrected chi connectivity index (χ2v) is 5.26. The molecule has 1 aliphatic carbocycles. The number of hydrogen-bond donors (Lipinski definition) is 3. The highest BCUT2D eigenvalue weighted by Gasteiger charge is 2.48. The Hall–Kier alpha value is -2.76. The average molecular weight is 318 g/mol. The molecule has 23 heavy (non-hydrogen) atoms. The number of nitrogens with zero attached hydrogens (tertiary/aromatic N) is 1. The average Bonchev–Trinajstić information content (AvgIpc) is 2.55. The molecule has 1 aliphatic rings. The van der Waals surface area contributed by atoms with E-state index in [9.17, 15) is 19.5 Å². The van der Waals surface area contributed by atoms with Crippen LogP contribution in [-0.2, 0) is 24.7 Å². The Morgan fingerprint density at radius 3 is 2.48 bits per heavy atom. The maximum absolute atomic E-state index is 12.4. The molecule has 1 aromatic rings. The molecule has 0 aromatic heterocycles. The maximum Gasteiger partial charge on any atom is 0.417 e. The van der Waals surface area contributed by atoms with Crippen molar-refractivity contribution in [2.45, 2.75) is 30.6 Å². The summed E-state index contributed by atoms with van der Waals surface area (Å²) in [7, 11) is 0. The van der Waals surface area contributed by atoms with Gasteiger partial charge in [-0.25, -0.2) is 9.59 Å². The Balaban J connectivity index is 2.21. The number of ketones is 1. The predicted octanol–water partition coefficient (Wildman–Crippen LogP) is -0.568. The van der Waals surface area contributed by atoms with Crippen LogP contribution in [0.4, 0.5) is 0 Å². The summed E-state index contributed by atoms with van der Waals surface area (Å²) in [5.41, 5.74) is 5.44. The predicted molar refractivity (Wildman–Crippen MR) is 74.8 cm³/mol. The Kier molecular flexibility index (Phi) is 4.45. The lowest BCUT2D eigenvalue weighted by Crippen LogP contribution is -2.58. The molecule has 4 N–H and O–H groups in total. The van der Waals surface area contributed by atoms with Crippen molar-refractivity contribution in [1.82, 2.24) is 0 Å². The zero-order valence-corrected chi connectivity index (χ0v) is 11.9. The van der Waals surface area contributed by atoms with Crippen LogP contribution in [0, 0.1) is 11.3 Å². The van der Waals surface area contributed by atoms with Crippen LogP contribution in [0.5, 0.6) is 0 Å². The van der Waals surface area contributed by atoms with E-state index in [4.69, 9.17) is 16.1 Å². The van der Waals surface area contributed by atoms with Gasteiger partial charge in [0.15, 0.2) is 11.9 Å². The molecule has 120 valence electrons. The smallest absolute Gasteiger partial charge is 0.417 e. The second kappa shape index (κ2) is 6.16. The third-order valence-corrected chi connectivity index (χ3v) is 3.85. The van der Waals surface area contributed by atoms with Crippen LogP contribution in [0.3, 0.4) is 0 Å². The Morgan fingerprint density at radius 2 is 1.96 bits per heavy atom. The number of nitriles is 1. The van der Waals surface area contributed by atoms with Crippen molar-refractivity contribution in [2.75, 3.05) is 0 Å². The molecule has 0 amide bonds. The number of nitrogens with two attached hydrogens (primary N) is 1. The van der Waals surface area contributed by atoms with E-state index in [1.54, 1.807) is 0 Å². The molecule has 1 fully saturated rings. The number of Topliss-reactive ketones (excluding diaryl/α,β-unsaturated/α-hetero) is 1. The van der Waals surface area contributed by atoms with Crippen LogP contribution in [0.25, 0.3) is 0 Å². The van der Waals surface area contributed by atoms with Crippen molar-refractivity contribution < 1.29 is 29.3 Å². The van der Waals surface area contributed by atoms with Crippen LogP contribution in [-0.4, -0.2) is 40.1 Å². The number of aliphatic hydroxyl groups excluding tert-OH is 1. The highest BCUT2D eigenvalue weighted by Crippen LogP contribution is 2.33. The first kappa shape index (κ1) is 16.6.